The van der Waals surface area contributed by atoms with Crippen LogP contribution in [0.3, 0.4) is 0 Å². The number of aromatic nitrogens is 2. The molecular formula is C23H27N5O2. The lowest BCUT2D eigenvalue weighted by Gasteiger charge is -2.34. The van der Waals surface area contributed by atoms with Gasteiger partial charge in [-0.3, -0.25) is 4.79 Å². The van der Waals surface area contributed by atoms with Gasteiger partial charge in [-0.1, -0.05) is 36.4 Å². The van der Waals surface area contributed by atoms with Crippen LogP contribution in [0.5, 0.6) is 0 Å². The summed E-state index contributed by atoms with van der Waals surface area (Å²) in [5, 5.41) is 3.01. The smallest absolute Gasteiger partial charge is 0.220 e. The summed E-state index contributed by atoms with van der Waals surface area (Å²) in [6.45, 7) is 4.40. The van der Waals surface area contributed by atoms with Gasteiger partial charge in [-0.05, 0) is 13.1 Å². The van der Waals surface area contributed by atoms with Crippen LogP contribution in [-0.4, -0.2) is 54.0 Å². The SMILES string of the molecule is CN1CCN(c2ncccc2CNC(=O)CCc2ncc(-c3ccccc3)o2)CC1. The van der Waals surface area contributed by atoms with Gasteiger partial charge in [0, 0.05) is 62.9 Å². The van der Waals surface area contributed by atoms with Gasteiger partial charge in [0.25, 0.3) is 0 Å². The Morgan fingerprint density at radius 1 is 1.07 bits per heavy atom. The minimum absolute atomic E-state index is 0.0253. The molecule has 0 radical (unpaired) electrons. The average molecular weight is 406 g/mol. The zero-order valence-corrected chi connectivity index (χ0v) is 17.3. The van der Waals surface area contributed by atoms with Crippen LogP contribution in [0.4, 0.5) is 5.82 Å². The zero-order valence-electron chi connectivity index (χ0n) is 17.3. The van der Waals surface area contributed by atoms with E-state index in [4.69, 9.17) is 4.42 Å². The maximum Gasteiger partial charge on any atom is 0.220 e. The second-order valence-electron chi connectivity index (χ2n) is 7.54. The molecule has 30 heavy (non-hydrogen) atoms. The van der Waals surface area contributed by atoms with Gasteiger partial charge in [-0.2, -0.15) is 0 Å². The molecule has 0 bridgehead atoms. The van der Waals surface area contributed by atoms with E-state index in [1.165, 1.54) is 0 Å². The number of anilines is 1. The standard InChI is InChI=1S/C23H27N5O2/c1-27-12-14-28(15-13-27)23-19(8-5-11-24-23)16-25-21(29)9-10-22-26-17-20(30-22)18-6-3-2-4-7-18/h2-8,11,17H,9-10,12-16H2,1H3,(H,25,29). The summed E-state index contributed by atoms with van der Waals surface area (Å²) >= 11 is 0. The van der Waals surface area contributed by atoms with Crippen molar-refractivity contribution in [2.75, 3.05) is 38.1 Å². The average Bonchev–Trinajstić information content (AvgIpc) is 3.27. The second-order valence-corrected chi connectivity index (χ2v) is 7.54. The van der Waals surface area contributed by atoms with Gasteiger partial charge in [0.1, 0.15) is 5.82 Å². The number of hydrogen-bond acceptors (Lipinski definition) is 6. The third-order valence-electron chi connectivity index (χ3n) is 5.32. The molecule has 7 heteroatoms. The minimum Gasteiger partial charge on any atom is -0.441 e. The molecule has 0 unspecified atom stereocenters. The van der Waals surface area contributed by atoms with Gasteiger partial charge >= 0.3 is 0 Å². The molecule has 0 spiro atoms. The number of oxazole rings is 1. The summed E-state index contributed by atoms with van der Waals surface area (Å²) in [4.78, 5) is 25.8. The molecule has 1 saturated heterocycles. The summed E-state index contributed by atoms with van der Waals surface area (Å²) in [6.07, 6.45) is 4.32. The maximum absolute atomic E-state index is 12.4. The van der Waals surface area contributed by atoms with E-state index in [9.17, 15) is 4.79 Å². The van der Waals surface area contributed by atoms with Crippen LogP contribution in [0.1, 0.15) is 17.9 Å². The van der Waals surface area contributed by atoms with Crippen LogP contribution < -0.4 is 10.2 Å². The Morgan fingerprint density at radius 2 is 1.87 bits per heavy atom. The van der Waals surface area contributed by atoms with E-state index in [-0.39, 0.29) is 5.91 Å². The lowest BCUT2D eigenvalue weighted by molar-refractivity contribution is -0.121. The number of carbonyl (C=O) groups is 1. The second kappa shape index (κ2) is 9.54. The zero-order chi connectivity index (χ0) is 20.8. The molecule has 0 saturated carbocycles. The van der Waals surface area contributed by atoms with E-state index in [1.807, 2.05) is 48.7 Å². The fourth-order valence-electron chi connectivity index (χ4n) is 3.54. The molecule has 4 rings (SSSR count). The first-order valence-corrected chi connectivity index (χ1v) is 10.3. The molecule has 3 heterocycles. The monoisotopic (exact) mass is 405 g/mol. The summed E-state index contributed by atoms with van der Waals surface area (Å²) in [5.74, 6) is 2.23. The number of carbonyl (C=O) groups excluding carboxylic acids is 1. The van der Waals surface area contributed by atoms with Crippen molar-refractivity contribution in [2.24, 2.45) is 0 Å². The van der Waals surface area contributed by atoms with Gasteiger partial charge in [0.2, 0.25) is 5.91 Å². The molecule has 0 atom stereocenters. The Balaban J connectivity index is 1.29. The Kier molecular flexibility index (Phi) is 6.39. The third-order valence-corrected chi connectivity index (χ3v) is 5.32. The molecular weight excluding hydrogens is 378 g/mol. The van der Waals surface area contributed by atoms with Gasteiger partial charge in [-0.15, -0.1) is 0 Å². The predicted octanol–water partition coefficient (Wildman–Crippen LogP) is 2.74. The van der Waals surface area contributed by atoms with Crippen molar-refractivity contribution in [3.8, 4) is 11.3 Å². The van der Waals surface area contributed by atoms with Gasteiger partial charge < -0.3 is 19.5 Å². The van der Waals surface area contributed by atoms with Crippen molar-refractivity contribution in [3.63, 3.8) is 0 Å². The largest absolute Gasteiger partial charge is 0.441 e. The number of amides is 1. The molecule has 1 aliphatic heterocycles. The van der Waals surface area contributed by atoms with Gasteiger partial charge in [0.05, 0.1) is 6.20 Å². The number of nitrogens with one attached hydrogen (secondary N) is 1. The lowest BCUT2D eigenvalue weighted by Crippen LogP contribution is -2.45. The van der Waals surface area contributed by atoms with Crippen molar-refractivity contribution < 1.29 is 9.21 Å². The molecule has 1 N–H and O–H groups in total. The Labute approximate surface area is 176 Å². The first-order chi connectivity index (χ1) is 14.7. The van der Waals surface area contributed by atoms with Crippen LogP contribution in [0, 0.1) is 0 Å². The van der Waals surface area contributed by atoms with Crippen LogP contribution in [0.2, 0.25) is 0 Å². The van der Waals surface area contributed by atoms with Crippen LogP contribution in [0.15, 0.2) is 59.3 Å². The van der Waals surface area contributed by atoms with Crippen molar-refractivity contribution in [3.05, 3.63) is 66.3 Å². The molecule has 3 aromatic rings. The molecule has 2 aromatic heterocycles. The highest BCUT2D eigenvalue weighted by Gasteiger charge is 2.18. The molecule has 0 aliphatic carbocycles. The molecule has 1 amide bonds. The molecule has 1 aliphatic rings. The maximum atomic E-state index is 12.4. The number of hydrogen-bond donors (Lipinski definition) is 1. The fourth-order valence-corrected chi connectivity index (χ4v) is 3.54. The van der Waals surface area contributed by atoms with Gasteiger partial charge in [0.15, 0.2) is 11.7 Å². The first kappa shape index (κ1) is 20.1. The number of benzene rings is 1. The number of pyridine rings is 1. The number of aryl methyl sites for hydroxylation is 1. The number of rotatable bonds is 7. The van der Waals surface area contributed by atoms with Crippen LogP contribution >= 0.6 is 0 Å². The van der Waals surface area contributed by atoms with Gasteiger partial charge in [-0.25, -0.2) is 9.97 Å². The van der Waals surface area contributed by atoms with E-state index < -0.39 is 0 Å². The predicted molar refractivity (Wildman–Crippen MR) is 116 cm³/mol. The fraction of sp³-hybridized carbons (Fsp3) is 0.348. The van der Waals surface area contributed by atoms with Crippen LogP contribution in [0.25, 0.3) is 11.3 Å². The molecule has 7 nitrogen and oxygen atoms in total. The van der Waals surface area contributed by atoms with E-state index >= 15 is 0 Å². The number of likely N-dealkylation sites (N-methyl/N-ethyl adjacent to an activating group) is 1. The minimum atomic E-state index is -0.0253. The quantitative estimate of drug-likeness (QED) is 0.652. The highest BCUT2D eigenvalue weighted by Crippen LogP contribution is 2.21. The van der Waals surface area contributed by atoms with E-state index in [1.54, 1.807) is 6.20 Å². The van der Waals surface area contributed by atoms with Crippen molar-refractivity contribution in [1.29, 1.82) is 0 Å². The van der Waals surface area contributed by atoms with E-state index in [0.717, 1.165) is 48.9 Å². The number of nitrogens with zero attached hydrogens (tertiary/aromatic N) is 4. The van der Waals surface area contributed by atoms with Crippen molar-refractivity contribution in [2.45, 2.75) is 19.4 Å². The number of piperazine rings is 1. The first-order valence-electron chi connectivity index (χ1n) is 10.3. The molecule has 1 aromatic carbocycles. The Morgan fingerprint density at radius 3 is 2.67 bits per heavy atom. The van der Waals surface area contributed by atoms with Crippen LogP contribution in [-0.2, 0) is 17.8 Å². The van der Waals surface area contributed by atoms with Crippen molar-refractivity contribution in [1.82, 2.24) is 20.2 Å². The summed E-state index contributed by atoms with van der Waals surface area (Å²) in [6, 6.07) is 13.8. The third kappa shape index (κ3) is 5.04. The Hall–Kier alpha value is -3.19. The normalized spacial score (nSPS) is 14.6. The van der Waals surface area contributed by atoms with E-state index in [2.05, 4.69) is 32.1 Å². The highest BCUT2D eigenvalue weighted by molar-refractivity contribution is 5.76. The molecule has 1 fully saturated rings. The lowest BCUT2D eigenvalue weighted by atomic mass is 10.2. The Bertz CT molecular complexity index is 964. The highest BCUT2D eigenvalue weighted by atomic mass is 16.4. The summed E-state index contributed by atoms with van der Waals surface area (Å²) < 4.78 is 5.78. The summed E-state index contributed by atoms with van der Waals surface area (Å²) in [7, 11) is 2.13. The topological polar surface area (TPSA) is 74.5 Å². The molecule has 156 valence electrons. The van der Waals surface area contributed by atoms with Crippen molar-refractivity contribution >= 4 is 11.7 Å². The van der Waals surface area contributed by atoms with E-state index in [0.29, 0.717) is 25.3 Å². The summed E-state index contributed by atoms with van der Waals surface area (Å²) in [5.41, 5.74) is 2.02.